The minimum absolute atomic E-state index is 0.160. The number of carbonyl (C=O) groups is 4. The SMILES string of the molecule is CCCCN(CCCC)C(=O)c1cc(C)n(-c2ccc(NC(=O)C(C)C(=O)c3ccccc3NC)cc2C(=O)N2Cc3ccccc3C[C@H]2CO)n1. The fourth-order valence-corrected chi connectivity index (χ4v) is 6.63. The van der Waals surface area contributed by atoms with Gasteiger partial charge in [0.2, 0.25) is 5.91 Å². The van der Waals surface area contributed by atoms with Crippen LogP contribution in [0.25, 0.3) is 5.69 Å². The average Bonchev–Trinajstić information content (AvgIpc) is 3.57. The van der Waals surface area contributed by atoms with Crippen LogP contribution in [-0.2, 0) is 17.8 Å². The maximum absolute atomic E-state index is 14.6. The predicted molar refractivity (Wildman–Crippen MR) is 203 cm³/mol. The van der Waals surface area contributed by atoms with E-state index in [0.717, 1.165) is 36.8 Å². The summed E-state index contributed by atoms with van der Waals surface area (Å²) in [5.41, 5.74) is 5.02. The van der Waals surface area contributed by atoms with Gasteiger partial charge < -0.3 is 25.5 Å². The number of nitrogens with one attached hydrogen (secondary N) is 2. The summed E-state index contributed by atoms with van der Waals surface area (Å²) in [5, 5.41) is 21.0. The van der Waals surface area contributed by atoms with Crippen LogP contribution in [0.15, 0.2) is 72.8 Å². The van der Waals surface area contributed by atoms with Gasteiger partial charge in [-0.05, 0) is 80.6 Å². The van der Waals surface area contributed by atoms with E-state index in [2.05, 4.69) is 24.5 Å². The molecule has 0 bridgehead atoms. The zero-order valence-corrected chi connectivity index (χ0v) is 30.8. The Morgan fingerprint density at radius 1 is 0.923 bits per heavy atom. The van der Waals surface area contributed by atoms with Gasteiger partial charge in [-0.25, -0.2) is 4.68 Å². The molecule has 2 atom stereocenters. The van der Waals surface area contributed by atoms with Gasteiger partial charge in [0.05, 0.1) is 29.8 Å². The van der Waals surface area contributed by atoms with Gasteiger partial charge in [-0.15, -0.1) is 0 Å². The topological polar surface area (TPSA) is 137 Å². The van der Waals surface area contributed by atoms with Crippen LogP contribution in [0.4, 0.5) is 11.4 Å². The number of aliphatic hydroxyl groups is 1. The summed E-state index contributed by atoms with van der Waals surface area (Å²) in [4.78, 5) is 58.7. The van der Waals surface area contributed by atoms with Crippen molar-refractivity contribution in [1.29, 1.82) is 0 Å². The number of benzene rings is 3. The largest absolute Gasteiger partial charge is 0.394 e. The van der Waals surface area contributed by atoms with E-state index in [0.29, 0.717) is 47.8 Å². The summed E-state index contributed by atoms with van der Waals surface area (Å²) in [6.07, 6.45) is 4.19. The lowest BCUT2D eigenvalue weighted by Gasteiger charge is -2.36. The molecule has 52 heavy (non-hydrogen) atoms. The van der Waals surface area contributed by atoms with E-state index in [1.165, 1.54) is 0 Å². The van der Waals surface area contributed by atoms with Gasteiger partial charge in [-0.3, -0.25) is 19.2 Å². The molecule has 0 spiro atoms. The van der Waals surface area contributed by atoms with Gasteiger partial charge in [0.25, 0.3) is 11.8 Å². The van der Waals surface area contributed by atoms with Crippen molar-refractivity contribution in [1.82, 2.24) is 19.6 Å². The standard InChI is InChI=1S/C41H50N6O5/c1-6-8-20-45(21-9-7-2)41(52)36-22-27(3)47(44-36)37-19-18-31(43-39(50)28(4)38(49)33-16-12-13-17-35(33)42-5)24-34(37)40(51)46-25-30-15-11-10-14-29(30)23-32(46)26-48/h10-19,22,24,28,32,42,48H,6-9,20-21,23,25-26H2,1-5H3,(H,43,50)/t28?,32-/m0/s1. The van der Waals surface area contributed by atoms with Gasteiger partial charge >= 0.3 is 0 Å². The molecule has 1 aliphatic rings. The van der Waals surface area contributed by atoms with E-state index in [1.807, 2.05) is 42.2 Å². The van der Waals surface area contributed by atoms with Crippen molar-refractivity contribution in [2.24, 2.45) is 5.92 Å². The number of aliphatic hydroxyl groups excluding tert-OH is 1. The van der Waals surface area contributed by atoms with Crippen LogP contribution in [0, 0.1) is 12.8 Å². The Morgan fingerprint density at radius 2 is 1.60 bits per heavy atom. The Bertz CT molecular complexity index is 1910. The average molecular weight is 707 g/mol. The van der Waals surface area contributed by atoms with Crippen LogP contribution < -0.4 is 10.6 Å². The second kappa shape index (κ2) is 17.3. The minimum Gasteiger partial charge on any atom is -0.394 e. The summed E-state index contributed by atoms with van der Waals surface area (Å²) in [5.74, 6) is -2.40. The lowest BCUT2D eigenvalue weighted by atomic mass is 9.93. The Labute approximate surface area is 306 Å². The monoisotopic (exact) mass is 706 g/mol. The third kappa shape index (κ3) is 8.26. The third-order valence-electron chi connectivity index (χ3n) is 9.76. The normalized spacial score (nSPS) is 14.3. The zero-order chi connectivity index (χ0) is 37.4. The van der Waals surface area contributed by atoms with E-state index in [-0.39, 0.29) is 42.0 Å². The molecule has 1 aromatic heterocycles. The molecule has 1 unspecified atom stereocenters. The van der Waals surface area contributed by atoms with Crippen LogP contribution in [0.2, 0.25) is 0 Å². The molecule has 3 aromatic carbocycles. The quantitative estimate of drug-likeness (QED) is 0.0978. The van der Waals surface area contributed by atoms with Crippen LogP contribution >= 0.6 is 0 Å². The number of rotatable bonds is 15. The highest BCUT2D eigenvalue weighted by Crippen LogP contribution is 2.29. The first-order valence-electron chi connectivity index (χ1n) is 18.2. The van der Waals surface area contributed by atoms with Gasteiger partial charge in [-0.2, -0.15) is 5.10 Å². The number of hydrogen-bond acceptors (Lipinski definition) is 7. The lowest BCUT2D eigenvalue weighted by molar-refractivity contribution is -0.118. The highest BCUT2D eigenvalue weighted by atomic mass is 16.3. The molecule has 5 rings (SSSR count). The van der Waals surface area contributed by atoms with Crippen LogP contribution in [0.3, 0.4) is 0 Å². The minimum atomic E-state index is -1.02. The van der Waals surface area contributed by atoms with Crippen LogP contribution in [0.1, 0.15) is 94.5 Å². The molecule has 0 saturated heterocycles. The van der Waals surface area contributed by atoms with E-state index < -0.39 is 17.9 Å². The number of hydrogen-bond donors (Lipinski definition) is 3. The van der Waals surface area contributed by atoms with E-state index >= 15 is 0 Å². The van der Waals surface area contributed by atoms with Crippen molar-refractivity contribution in [2.75, 3.05) is 37.4 Å². The number of para-hydroxylation sites is 1. The van der Waals surface area contributed by atoms with Crippen molar-refractivity contribution >= 4 is 34.9 Å². The highest BCUT2D eigenvalue weighted by Gasteiger charge is 2.33. The lowest BCUT2D eigenvalue weighted by Crippen LogP contribution is -2.46. The molecule has 4 aromatic rings. The molecule has 11 heteroatoms. The first kappa shape index (κ1) is 38.0. The Morgan fingerprint density at radius 3 is 2.27 bits per heavy atom. The maximum atomic E-state index is 14.6. The Hall–Kier alpha value is -5.29. The first-order valence-corrected chi connectivity index (χ1v) is 18.2. The number of aromatic nitrogens is 2. The van der Waals surface area contributed by atoms with Crippen LogP contribution in [0.5, 0.6) is 0 Å². The van der Waals surface area contributed by atoms with Crippen molar-refractivity contribution in [3.05, 3.63) is 106 Å². The number of nitrogens with zero attached hydrogens (tertiary/aromatic N) is 4. The summed E-state index contributed by atoms with van der Waals surface area (Å²) in [7, 11) is 1.72. The van der Waals surface area contributed by atoms with Gasteiger partial charge in [0, 0.05) is 49.3 Å². The Kier molecular flexibility index (Phi) is 12.6. The van der Waals surface area contributed by atoms with Gasteiger partial charge in [-0.1, -0.05) is 63.1 Å². The highest BCUT2D eigenvalue weighted by molar-refractivity contribution is 6.15. The summed E-state index contributed by atoms with van der Waals surface area (Å²) < 4.78 is 1.59. The van der Waals surface area contributed by atoms with Crippen molar-refractivity contribution in [3.63, 3.8) is 0 Å². The molecule has 11 nitrogen and oxygen atoms in total. The molecular formula is C41H50N6O5. The molecule has 1 aliphatic heterocycles. The zero-order valence-electron chi connectivity index (χ0n) is 30.8. The number of anilines is 2. The number of aryl methyl sites for hydroxylation is 1. The third-order valence-corrected chi connectivity index (χ3v) is 9.76. The molecule has 2 heterocycles. The molecule has 0 fully saturated rings. The summed E-state index contributed by atoms with van der Waals surface area (Å²) in [6, 6.07) is 21.1. The Balaban J connectivity index is 1.52. The van der Waals surface area contributed by atoms with Gasteiger partial charge in [0.15, 0.2) is 11.5 Å². The summed E-state index contributed by atoms with van der Waals surface area (Å²) >= 11 is 0. The molecule has 0 aliphatic carbocycles. The molecule has 0 radical (unpaired) electrons. The molecule has 3 N–H and O–H groups in total. The number of carbonyl (C=O) groups excluding carboxylic acids is 4. The number of fused-ring (bicyclic) bond motifs is 1. The number of ketones is 1. The van der Waals surface area contributed by atoms with Crippen molar-refractivity contribution in [3.8, 4) is 5.69 Å². The molecular weight excluding hydrogens is 656 g/mol. The fourth-order valence-electron chi connectivity index (χ4n) is 6.63. The number of amides is 3. The smallest absolute Gasteiger partial charge is 0.274 e. The second-order valence-corrected chi connectivity index (χ2v) is 13.4. The van der Waals surface area contributed by atoms with E-state index in [4.69, 9.17) is 5.10 Å². The van der Waals surface area contributed by atoms with E-state index in [1.54, 1.807) is 66.0 Å². The van der Waals surface area contributed by atoms with Gasteiger partial charge in [0.1, 0.15) is 0 Å². The van der Waals surface area contributed by atoms with Crippen molar-refractivity contribution < 1.29 is 24.3 Å². The molecule has 274 valence electrons. The predicted octanol–water partition coefficient (Wildman–Crippen LogP) is 6.28. The van der Waals surface area contributed by atoms with Crippen LogP contribution in [-0.4, -0.2) is 81.0 Å². The van der Waals surface area contributed by atoms with E-state index in [9.17, 15) is 24.3 Å². The number of unbranched alkanes of at least 4 members (excludes halogenated alkanes) is 2. The molecule has 3 amide bonds. The molecule has 0 saturated carbocycles. The summed E-state index contributed by atoms with van der Waals surface area (Å²) in [6.45, 7) is 8.91. The fraction of sp³-hybridized carbons (Fsp3) is 0.390. The first-order chi connectivity index (χ1) is 25.1. The maximum Gasteiger partial charge on any atom is 0.274 e. The van der Waals surface area contributed by atoms with Crippen molar-refractivity contribution in [2.45, 2.75) is 72.4 Å². The second-order valence-electron chi connectivity index (χ2n) is 13.4. The number of Topliss-reactive ketones (excluding diaryl/α,β-unsaturated/α-hetero) is 1.